The predicted molar refractivity (Wildman–Crippen MR) is 79.5 cm³/mol. The van der Waals surface area contributed by atoms with Crippen LogP contribution in [0.5, 0.6) is 0 Å². The largest absolute Gasteiger partial charge is 0.508 e. The van der Waals surface area contributed by atoms with Gasteiger partial charge in [-0.1, -0.05) is 18.2 Å². The molecule has 0 aromatic rings. The number of rotatable bonds is 3. The fourth-order valence-electron chi connectivity index (χ4n) is 1.92. The molecule has 0 saturated heterocycles. The summed E-state index contributed by atoms with van der Waals surface area (Å²) >= 11 is 1.90. The molecule has 0 spiro atoms. The molecule has 0 saturated carbocycles. The third-order valence-corrected chi connectivity index (χ3v) is 4.11. The van der Waals surface area contributed by atoms with E-state index < -0.39 is 0 Å². The van der Waals surface area contributed by atoms with E-state index in [1.54, 1.807) is 6.08 Å². The van der Waals surface area contributed by atoms with Crippen LogP contribution in [0.2, 0.25) is 0 Å². The maximum Gasteiger partial charge on any atom is 0.111 e. The minimum absolute atomic E-state index is 0.348. The van der Waals surface area contributed by atoms with Gasteiger partial charge in [-0.2, -0.15) is 0 Å². The fourth-order valence-corrected chi connectivity index (χ4v) is 2.69. The molecule has 1 aliphatic heterocycles. The normalized spacial score (nSPS) is 19.4. The van der Waals surface area contributed by atoms with Crippen LogP contribution < -0.4 is 0 Å². The van der Waals surface area contributed by atoms with E-state index >= 15 is 0 Å². The van der Waals surface area contributed by atoms with Gasteiger partial charge < -0.3 is 10.0 Å². The van der Waals surface area contributed by atoms with Gasteiger partial charge in [-0.3, -0.25) is 0 Å². The van der Waals surface area contributed by atoms with Gasteiger partial charge in [0.1, 0.15) is 5.76 Å². The first kappa shape index (κ1) is 13.1. The molecule has 0 aromatic carbocycles. The van der Waals surface area contributed by atoms with E-state index in [-0.39, 0.29) is 0 Å². The number of likely N-dealkylation sites (N-methyl/N-ethyl adjacent to an activating group) is 1. The molecule has 2 aliphatic rings. The van der Waals surface area contributed by atoms with Crippen molar-refractivity contribution in [2.24, 2.45) is 0 Å². The maximum atomic E-state index is 9.44. The molecule has 18 heavy (non-hydrogen) atoms. The van der Waals surface area contributed by atoms with E-state index in [1.807, 2.05) is 23.9 Å². The van der Waals surface area contributed by atoms with E-state index in [4.69, 9.17) is 0 Å². The van der Waals surface area contributed by atoms with Gasteiger partial charge in [0.2, 0.25) is 0 Å². The Bertz CT molecular complexity index is 469. The lowest BCUT2D eigenvalue weighted by Crippen LogP contribution is -2.21. The molecule has 2 nitrogen and oxygen atoms in total. The highest BCUT2D eigenvalue weighted by atomic mass is 32.2. The molecule has 0 aromatic heterocycles. The molecule has 0 atom stereocenters. The Kier molecular flexibility index (Phi) is 4.37. The average Bonchev–Trinajstić information content (AvgIpc) is 2.57. The highest BCUT2D eigenvalue weighted by Crippen LogP contribution is 2.24. The molecular formula is C15H19NOS. The molecule has 2 rings (SSSR count). The van der Waals surface area contributed by atoms with Crippen molar-refractivity contribution in [3.63, 3.8) is 0 Å². The number of nitrogens with zero attached hydrogens (tertiary/aromatic N) is 1. The monoisotopic (exact) mass is 261 g/mol. The summed E-state index contributed by atoms with van der Waals surface area (Å²) < 4.78 is 0. The lowest BCUT2D eigenvalue weighted by atomic mass is 10.2. The van der Waals surface area contributed by atoms with Crippen molar-refractivity contribution < 1.29 is 5.11 Å². The van der Waals surface area contributed by atoms with Crippen LogP contribution in [0, 0.1) is 0 Å². The molecule has 3 heteroatoms. The molecule has 0 bridgehead atoms. The van der Waals surface area contributed by atoms with Gasteiger partial charge in [0.15, 0.2) is 0 Å². The molecule has 0 fully saturated rings. The van der Waals surface area contributed by atoms with Gasteiger partial charge in [-0.25, -0.2) is 0 Å². The molecular weight excluding hydrogens is 242 g/mol. The zero-order chi connectivity index (χ0) is 13.0. The lowest BCUT2D eigenvalue weighted by Gasteiger charge is -2.23. The number of hydrogen-bond donors (Lipinski definition) is 1. The van der Waals surface area contributed by atoms with Crippen molar-refractivity contribution in [2.45, 2.75) is 13.3 Å². The Labute approximate surface area is 113 Å². The van der Waals surface area contributed by atoms with Crippen LogP contribution in [-0.4, -0.2) is 29.4 Å². The summed E-state index contributed by atoms with van der Waals surface area (Å²) in [5.41, 5.74) is 2.59. The molecule has 0 amide bonds. The number of thioether (sulfide) groups is 1. The molecule has 1 aliphatic carbocycles. The van der Waals surface area contributed by atoms with Gasteiger partial charge in [0.05, 0.1) is 0 Å². The average molecular weight is 261 g/mol. The highest BCUT2D eigenvalue weighted by Gasteiger charge is 2.09. The number of aliphatic hydroxyl groups is 1. The molecule has 0 unspecified atom stereocenters. The highest BCUT2D eigenvalue weighted by molar-refractivity contribution is 8.03. The van der Waals surface area contributed by atoms with Crippen molar-refractivity contribution in [1.82, 2.24) is 4.90 Å². The summed E-state index contributed by atoms with van der Waals surface area (Å²) in [6, 6.07) is 0. The third kappa shape index (κ3) is 3.57. The van der Waals surface area contributed by atoms with Crippen LogP contribution in [0.4, 0.5) is 0 Å². The predicted octanol–water partition coefficient (Wildman–Crippen LogP) is 3.78. The fraction of sp³-hybridized carbons (Fsp3) is 0.333. The van der Waals surface area contributed by atoms with Crippen molar-refractivity contribution in [3.05, 3.63) is 58.4 Å². The second kappa shape index (κ2) is 6.01. The molecule has 0 radical (unpaired) electrons. The summed E-state index contributed by atoms with van der Waals surface area (Å²) in [7, 11) is 2.09. The van der Waals surface area contributed by atoms with Crippen LogP contribution in [0.1, 0.15) is 13.3 Å². The van der Waals surface area contributed by atoms with Crippen LogP contribution >= 0.6 is 11.8 Å². The van der Waals surface area contributed by atoms with Crippen LogP contribution in [0.25, 0.3) is 0 Å². The Hall–Kier alpha value is -1.35. The lowest BCUT2D eigenvalue weighted by molar-refractivity contribution is 0.430. The van der Waals surface area contributed by atoms with E-state index in [1.165, 1.54) is 10.5 Å². The summed E-state index contributed by atoms with van der Waals surface area (Å²) in [5.74, 6) is 1.42. The van der Waals surface area contributed by atoms with Gasteiger partial charge in [-0.05, 0) is 42.1 Å². The SMILES string of the molecule is CC1=CC=C(CN(C)C2=CCC=C(O)C=C2)CS1. The molecule has 96 valence electrons. The zero-order valence-corrected chi connectivity index (χ0v) is 11.7. The first-order chi connectivity index (χ1) is 8.65. The summed E-state index contributed by atoms with van der Waals surface area (Å²) in [5, 5.41) is 9.44. The van der Waals surface area contributed by atoms with Crippen LogP contribution in [0.3, 0.4) is 0 Å². The van der Waals surface area contributed by atoms with Gasteiger partial charge >= 0.3 is 0 Å². The van der Waals surface area contributed by atoms with Gasteiger partial charge in [0, 0.05) is 25.0 Å². The quantitative estimate of drug-likeness (QED) is 0.836. The van der Waals surface area contributed by atoms with Crippen molar-refractivity contribution in [3.8, 4) is 0 Å². The zero-order valence-electron chi connectivity index (χ0n) is 10.9. The minimum atomic E-state index is 0.348. The number of allylic oxidation sites excluding steroid dienone is 7. The Balaban J connectivity index is 1.99. The van der Waals surface area contributed by atoms with E-state index in [9.17, 15) is 5.11 Å². The third-order valence-electron chi connectivity index (χ3n) is 3.00. The minimum Gasteiger partial charge on any atom is -0.508 e. The van der Waals surface area contributed by atoms with Crippen molar-refractivity contribution >= 4 is 11.8 Å². The summed E-state index contributed by atoms with van der Waals surface area (Å²) in [4.78, 5) is 3.60. The standard InChI is InChI=1S/C15H19NOS/c1-12-6-7-13(11-18-12)10-16(2)14-4-3-5-15(17)9-8-14/h4-9,17H,3,10-11H2,1-2H3. The first-order valence-corrected chi connectivity index (χ1v) is 7.11. The van der Waals surface area contributed by atoms with Crippen LogP contribution in [-0.2, 0) is 0 Å². The van der Waals surface area contributed by atoms with Crippen LogP contribution in [0.15, 0.2) is 58.4 Å². The number of aliphatic hydroxyl groups excluding tert-OH is 1. The first-order valence-electron chi connectivity index (χ1n) is 6.13. The van der Waals surface area contributed by atoms with Gasteiger partial charge in [0.25, 0.3) is 0 Å². The second-order valence-corrected chi connectivity index (χ2v) is 5.80. The summed E-state index contributed by atoms with van der Waals surface area (Å²) in [6.07, 6.45) is 12.9. The topological polar surface area (TPSA) is 23.5 Å². The smallest absolute Gasteiger partial charge is 0.111 e. The van der Waals surface area contributed by atoms with Gasteiger partial charge in [-0.15, -0.1) is 11.8 Å². The van der Waals surface area contributed by atoms with E-state index in [0.717, 1.165) is 24.4 Å². The summed E-state index contributed by atoms with van der Waals surface area (Å²) in [6.45, 7) is 3.08. The van der Waals surface area contributed by atoms with E-state index in [2.05, 4.69) is 37.1 Å². The maximum absolute atomic E-state index is 9.44. The second-order valence-electron chi connectivity index (χ2n) is 4.57. The Morgan fingerprint density at radius 2 is 2.11 bits per heavy atom. The molecule has 1 N–H and O–H groups in total. The Morgan fingerprint density at radius 1 is 1.28 bits per heavy atom. The van der Waals surface area contributed by atoms with Crippen molar-refractivity contribution in [1.29, 1.82) is 0 Å². The van der Waals surface area contributed by atoms with Crippen molar-refractivity contribution in [2.75, 3.05) is 19.3 Å². The van der Waals surface area contributed by atoms with E-state index in [0.29, 0.717) is 5.76 Å². The Morgan fingerprint density at radius 3 is 2.83 bits per heavy atom. The number of hydrogen-bond acceptors (Lipinski definition) is 3. The molecule has 1 heterocycles.